The molecule has 122 valence electrons. The zero-order valence-electron chi connectivity index (χ0n) is 12.8. The molecule has 1 aliphatic rings. The van der Waals surface area contributed by atoms with E-state index < -0.39 is 29.8 Å². The lowest BCUT2D eigenvalue weighted by atomic mass is 9.93. The second kappa shape index (κ2) is 7.67. The maximum atomic E-state index is 12.3. The zero-order chi connectivity index (χ0) is 16.8. The fourth-order valence-electron chi connectivity index (χ4n) is 3.00. The molecule has 0 bridgehead atoms. The Balaban J connectivity index is 2.23. The number of amides is 1. The largest absolute Gasteiger partial charge is 0.466 e. The van der Waals surface area contributed by atoms with Gasteiger partial charge >= 0.3 is 5.97 Å². The quantitative estimate of drug-likeness (QED) is 0.624. The summed E-state index contributed by atoms with van der Waals surface area (Å²) in [5.74, 6) is -3.01. The number of carbonyl (C=O) groups excluding carboxylic acids is 4. The lowest BCUT2D eigenvalue weighted by Crippen LogP contribution is -2.46. The van der Waals surface area contributed by atoms with Gasteiger partial charge in [-0.3, -0.25) is 9.59 Å². The van der Waals surface area contributed by atoms with Crippen molar-refractivity contribution in [3.8, 4) is 0 Å². The summed E-state index contributed by atoms with van der Waals surface area (Å²) >= 11 is 0. The maximum absolute atomic E-state index is 12.3. The van der Waals surface area contributed by atoms with E-state index in [4.69, 9.17) is 4.74 Å². The van der Waals surface area contributed by atoms with Crippen molar-refractivity contribution < 1.29 is 23.9 Å². The highest BCUT2D eigenvalue weighted by Crippen LogP contribution is 2.35. The SMILES string of the molecule is CCOC(=O)[C@H]1[C@@H](NC(=O)c2ccccc2)[C@H](C=O)C[C@@H]1C=O. The van der Waals surface area contributed by atoms with Gasteiger partial charge in [-0.15, -0.1) is 0 Å². The molecule has 6 nitrogen and oxygen atoms in total. The Morgan fingerprint density at radius 1 is 1.17 bits per heavy atom. The third-order valence-electron chi connectivity index (χ3n) is 4.10. The third kappa shape index (κ3) is 3.64. The molecule has 23 heavy (non-hydrogen) atoms. The molecule has 1 aromatic carbocycles. The van der Waals surface area contributed by atoms with E-state index in [9.17, 15) is 19.2 Å². The maximum Gasteiger partial charge on any atom is 0.311 e. The van der Waals surface area contributed by atoms with Crippen molar-refractivity contribution in [3.63, 3.8) is 0 Å². The summed E-state index contributed by atoms with van der Waals surface area (Å²) in [6.07, 6.45) is 1.58. The molecule has 0 saturated heterocycles. The summed E-state index contributed by atoms with van der Waals surface area (Å²) in [6.45, 7) is 1.84. The van der Waals surface area contributed by atoms with Crippen LogP contribution in [0.25, 0.3) is 0 Å². The molecule has 6 heteroatoms. The number of ether oxygens (including phenoxy) is 1. The minimum Gasteiger partial charge on any atom is -0.466 e. The van der Waals surface area contributed by atoms with E-state index in [0.717, 1.165) is 0 Å². The van der Waals surface area contributed by atoms with E-state index in [1.54, 1.807) is 37.3 Å². The van der Waals surface area contributed by atoms with Crippen LogP contribution in [0.1, 0.15) is 23.7 Å². The first-order chi connectivity index (χ1) is 11.1. The number of esters is 1. The first-order valence-corrected chi connectivity index (χ1v) is 7.55. The summed E-state index contributed by atoms with van der Waals surface area (Å²) in [6, 6.07) is 7.75. The van der Waals surface area contributed by atoms with Gasteiger partial charge in [-0.2, -0.15) is 0 Å². The standard InChI is InChI=1S/C17H19NO5/c1-2-23-17(22)14-12(9-19)8-13(10-20)15(14)18-16(21)11-6-4-3-5-7-11/h3-7,9-10,12-15H,2,8H2,1H3,(H,18,21)/t12-,13+,14-,15+/m1/s1. The Hall–Kier alpha value is -2.50. The fraction of sp³-hybridized carbons (Fsp3) is 0.412. The third-order valence-corrected chi connectivity index (χ3v) is 4.10. The number of nitrogens with one attached hydrogen (secondary N) is 1. The summed E-state index contributed by atoms with van der Waals surface area (Å²) in [7, 11) is 0. The van der Waals surface area contributed by atoms with Crippen molar-refractivity contribution >= 4 is 24.4 Å². The fourth-order valence-corrected chi connectivity index (χ4v) is 3.00. The highest BCUT2D eigenvalue weighted by atomic mass is 16.5. The molecule has 0 aromatic heterocycles. The molecule has 1 fully saturated rings. The highest BCUT2D eigenvalue weighted by Gasteiger charge is 2.48. The molecule has 0 heterocycles. The van der Waals surface area contributed by atoms with Crippen LogP contribution in [0.3, 0.4) is 0 Å². The molecular weight excluding hydrogens is 298 g/mol. The van der Waals surface area contributed by atoms with Gasteiger partial charge in [0.1, 0.15) is 12.6 Å². The summed E-state index contributed by atoms with van der Waals surface area (Å²) in [4.78, 5) is 47.0. The lowest BCUT2D eigenvalue weighted by molar-refractivity contribution is -0.151. The number of aldehydes is 2. The van der Waals surface area contributed by atoms with Gasteiger partial charge < -0.3 is 19.6 Å². The van der Waals surface area contributed by atoms with Crippen LogP contribution in [0.2, 0.25) is 0 Å². The summed E-state index contributed by atoms with van der Waals surface area (Å²) < 4.78 is 5.00. The van der Waals surface area contributed by atoms with Crippen LogP contribution in [0, 0.1) is 17.8 Å². The molecular formula is C17H19NO5. The molecule has 0 unspecified atom stereocenters. The number of carbonyl (C=O) groups is 4. The van der Waals surface area contributed by atoms with Gasteiger partial charge in [-0.1, -0.05) is 18.2 Å². The van der Waals surface area contributed by atoms with Crippen LogP contribution < -0.4 is 5.32 Å². The van der Waals surface area contributed by atoms with E-state index in [2.05, 4.69) is 5.32 Å². The minimum absolute atomic E-state index is 0.173. The first kappa shape index (κ1) is 16.9. The van der Waals surface area contributed by atoms with Gasteiger partial charge in [0.05, 0.1) is 18.6 Å². The van der Waals surface area contributed by atoms with E-state index in [1.807, 2.05) is 0 Å². The Morgan fingerprint density at radius 2 is 1.83 bits per heavy atom. The molecule has 1 aliphatic carbocycles. The van der Waals surface area contributed by atoms with Gasteiger partial charge in [0.15, 0.2) is 0 Å². The van der Waals surface area contributed by atoms with Gasteiger partial charge in [0, 0.05) is 17.4 Å². The van der Waals surface area contributed by atoms with Crippen molar-refractivity contribution in [2.75, 3.05) is 6.61 Å². The van der Waals surface area contributed by atoms with Crippen molar-refractivity contribution in [2.45, 2.75) is 19.4 Å². The second-order valence-corrected chi connectivity index (χ2v) is 5.48. The van der Waals surface area contributed by atoms with Gasteiger partial charge in [0.25, 0.3) is 5.91 Å². The van der Waals surface area contributed by atoms with Gasteiger partial charge in [0.2, 0.25) is 0 Å². The average molecular weight is 317 g/mol. The van der Waals surface area contributed by atoms with Crippen LogP contribution in [0.15, 0.2) is 30.3 Å². The van der Waals surface area contributed by atoms with Crippen LogP contribution in [0.4, 0.5) is 0 Å². The number of hydrogen-bond donors (Lipinski definition) is 1. The number of benzene rings is 1. The number of hydrogen-bond acceptors (Lipinski definition) is 5. The minimum atomic E-state index is -0.838. The lowest BCUT2D eigenvalue weighted by Gasteiger charge is -2.23. The Morgan fingerprint density at radius 3 is 2.39 bits per heavy atom. The smallest absolute Gasteiger partial charge is 0.311 e. The van der Waals surface area contributed by atoms with Crippen LogP contribution in [0.5, 0.6) is 0 Å². The molecule has 1 saturated carbocycles. The van der Waals surface area contributed by atoms with E-state index in [1.165, 1.54) is 0 Å². The molecule has 1 N–H and O–H groups in total. The van der Waals surface area contributed by atoms with Crippen molar-refractivity contribution in [2.24, 2.45) is 17.8 Å². The monoisotopic (exact) mass is 317 g/mol. The van der Waals surface area contributed by atoms with Crippen LogP contribution >= 0.6 is 0 Å². The molecule has 2 rings (SSSR count). The zero-order valence-corrected chi connectivity index (χ0v) is 12.8. The first-order valence-electron chi connectivity index (χ1n) is 7.55. The Bertz CT molecular complexity index is 586. The van der Waals surface area contributed by atoms with Crippen molar-refractivity contribution in [1.29, 1.82) is 0 Å². The predicted molar refractivity (Wildman–Crippen MR) is 81.5 cm³/mol. The Labute approximate surface area is 134 Å². The topological polar surface area (TPSA) is 89.5 Å². The molecule has 4 atom stereocenters. The molecule has 1 aromatic rings. The van der Waals surface area contributed by atoms with Crippen LogP contribution in [-0.2, 0) is 19.1 Å². The van der Waals surface area contributed by atoms with Crippen molar-refractivity contribution in [1.82, 2.24) is 5.32 Å². The van der Waals surface area contributed by atoms with E-state index >= 15 is 0 Å². The number of rotatable bonds is 6. The second-order valence-electron chi connectivity index (χ2n) is 5.48. The molecule has 0 radical (unpaired) electrons. The normalized spacial score (nSPS) is 26.3. The van der Waals surface area contributed by atoms with Gasteiger partial charge in [-0.05, 0) is 25.5 Å². The molecule has 0 spiro atoms. The highest BCUT2D eigenvalue weighted by molar-refractivity contribution is 5.95. The van der Waals surface area contributed by atoms with E-state index in [-0.39, 0.29) is 18.9 Å². The molecule has 0 aliphatic heterocycles. The Kier molecular flexibility index (Phi) is 5.62. The van der Waals surface area contributed by atoms with E-state index in [0.29, 0.717) is 18.1 Å². The van der Waals surface area contributed by atoms with Crippen molar-refractivity contribution in [3.05, 3.63) is 35.9 Å². The predicted octanol–water partition coefficient (Wildman–Crippen LogP) is 0.998. The average Bonchev–Trinajstić information content (AvgIpc) is 2.93. The summed E-state index contributed by atoms with van der Waals surface area (Å²) in [5.41, 5.74) is 0.425. The molecule has 1 amide bonds. The summed E-state index contributed by atoms with van der Waals surface area (Å²) in [5, 5.41) is 2.72. The van der Waals surface area contributed by atoms with Crippen LogP contribution in [-0.4, -0.2) is 37.1 Å². The van der Waals surface area contributed by atoms with Gasteiger partial charge in [-0.25, -0.2) is 0 Å².